The number of nitro benzene ring substituents is 1. The van der Waals surface area contributed by atoms with Crippen molar-refractivity contribution in [3.05, 3.63) is 123 Å². The van der Waals surface area contributed by atoms with Gasteiger partial charge in [-0.25, -0.2) is 0 Å². The van der Waals surface area contributed by atoms with E-state index in [1.54, 1.807) is 21.9 Å². The lowest BCUT2D eigenvalue weighted by molar-refractivity contribution is -0.384. The first kappa shape index (κ1) is 35.7. The number of rotatable bonds is 16. The van der Waals surface area contributed by atoms with E-state index in [2.05, 4.69) is 72.5 Å². The highest BCUT2D eigenvalue weighted by molar-refractivity contribution is 5.94. The first-order valence-corrected chi connectivity index (χ1v) is 17.7. The fourth-order valence-electron chi connectivity index (χ4n) is 7.85. The van der Waals surface area contributed by atoms with Crippen molar-refractivity contribution in [2.45, 2.75) is 76.7 Å². The smallest absolute Gasteiger partial charge is 0.269 e. The van der Waals surface area contributed by atoms with E-state index in [9.17, 15) is 19.7 Å². The molecular formula is C40H49N5O4. The average Bonchev–Trinajstić information content (AvgIpc) is 3.15. The zero-order valence-corrected chi connectivity index (χ0v) is 29.0. The monoisotopic (exact) mass is 663 g/mol. The van der Waals surface area contributed by atoms with E-state index >= 15 is 0 Å². The van der Waals surface area contributed by atoms with Crippen LogP contribution in [-0.2, 0) is 15.0 Å². The molecule has 0 aliphatic carbocycles. The van der Waals surface area contributed by atoms with E-state index in [1.807, 2.05) is 13.8 Å². The maximum absolute atomic E-state index is 13.0. The fraction of sp³-hybridized carbons (Fsp3) is 0.425. The van der Waals surface area contributed by atoms with Crippen LogP contribution < -0.4 is 0 Å². The number of allylic oxidation sites excluding steroid dienone is 1. The number of hydrogen-bond acceptors (Lipinski definition) is 6. The van der Waals surface area contributed by atoms with Crippen LogP contribution in [-0.4, -0.2) is 76.9 Å². The first-order chi connectivity index (χ1) is 23.9. The minimum absolute atomic E-state index is 0.000129. The zero-order valence-electron chi connectivity index (χ0n) is 29.0. The number of carbonyl (C=O) groups is 2. The maximum atomic E-state index is 13.0. The standard InChI is InChI=1S/C40H49N5O4/c1-4-14-36-39(37(31-19-21-34(22-20-31)45(48)49)38(35(5-2)41-36)43(6-3)29-46)44(30-47)26-13-25-42-27-23-40(24-28-42,32-15-9-7-10-16-32)33-17-11-8-12-18-33/h7-12,15-22,29-30,37-38H,4-6,13-14,23-28H2,1-3H3. The zero-order chi connectivity index (χ0) is 34.8. The number of benzene rings is 3. The Morgan fingerprint density at radius 1 is 0.898 bits per heavy atom. The van der Waals surface area contributed by atoms with Crippen molar-refractivity contribution in [2.24, 2.45) is 4.99 Å². The van der Waals surface area contributed by atoms with Crippen molar-refractivity contribution in [1.82, 2.24) is 14.7 Å². The second-order valence-corrected chi connectivity index (χ2v) is 13.1. The number of aliphatic imine (C=N–C) groups is 1. The summed E-state index contributed by atoms with van der Waals surface area (Å²) in [7, 11) is 0. The normalized spacial score (nSPS) is 19.2. The Bertz CT molecular complexity index is 1570. The Labute approximate surface area is 290 Å². The van der Waals surface area contributed by atoms with Gasteiger partial charge in [-0.1, -0.05) is 93.1 Å². The third-order valence-corrected chi connectivity index (χ3v) is 10.4. The predicted molar refractivity (Wildman–Crippen MR) is 194 cm³/mol. The summed E-state index contributed by atoms with van der Waals surface area (Å²) >= 11 is 0. The van der Waals surface area contributed by atoms with Gasteiger partial charge in [-0.2, -0.15) is 0 Å². The third-order valence-electron chi connectivity index (χ3n) is 10.4. The molecule has 2 aliphatic heterocycles. The van der Waals surface area contributed by atoms with Gasteiger partial charge in [-0.05, 0) is 75.4 Å². The quantitative estimate of drug-likeness (QED) is 0.0908. The third kappa shape index (κ3) is 7.67. The number of likely N-dealkylation sites (N-methyl/N-ethyl adjacent to an activating group) is 1. The molecule has 2 aliphatic rings. The molecule has 1 saturated heterocycles. The minimum atomic E-state index is -0.411. The number of hydrogen-bond donors (Lipinski definition) is 0. The summed E-state index contributed by atoms with van der Waals surface area (Å²) in [5.41, 5.74) is 6.03. The molecule has 3 aromatic carbocycles. The van der Waals surface area contributed by atoms with Crippen LogP contribution in [0.2, 0.25) is 0 Å². The van der Waals surface area contributed by atoms with Crippen LogP contribution in [0.15, 0.2) is 101 Å². The lowest BCUT2D eigenvalue weighted by Crippen LogP contribution is -2.49. The molecule has 2 atom stereocenters. The van der Waals surface area contributed by atoms with E-state index in [0.29, 0.717) is 25.9 Å². The fourth-order valence-corrected chi connectivity index (χ4v) is 7.85. The molecule has 2 unspecified atom stereocenters. The van der Waals surface area contributed by atoms with Gasteiger partial charge in [-0.15, -0.1) is 0 Å². The predicted octanol–water partition coefficient (Wildman–Crippen LogP) is 7.33. The van der Waals surface area contributed by atoms with Gasteiger partial charge in [0.1, 0.15) is 0 Å². The second kappa shape index (κ2) is 16.7. The molecule has 0 spiro atoms. The number of carbonyl (C=O) groups excluding carboxylic acids is 2. The molecular weight excluding hydrogens is 614 g/mol. The molecule has 49 heavy (non-hydrogen) atoms. The number of likely N-dealkylation sites (tertiary alicyclic amines) is 1. The number of amides is 2. The van der Waals surface area contributed by atoms with Crippen molar-refractivity contribution < 1.29 is 14.5 Å². The Balaban J connectivity index is 1.39. The summed E-state index contributed by atoms with van der Waals surface area (Å²) in [6, 6.07) is 27.8. The lowest BCUT2D eigenvalue weighted by Gasteiger charge is -2.43. The molecule has 3 aromatic rings. The van der Waals surface area contributed by atoms with Gasteiger partial charge < -0.3 is 14.7 Å². The summed E-state index contributed by atoms with van der Waals surface area (Å²) < 4.78 is 0. The Hall–Kier alpha value is -4.63. The van der Waals surface area contributed by atoms with Gasteiger partial charge in [-0.3, -0.25) is 24.7 Å². The molecule has 1 fully saturated rings. The van der Waals surface area contributed by atoms with E-state index in [-0.39, 0.29) is 11.1 Å². The molecule has 5 rings (SSSR count). The topological polar surface area (TPSA) is 99.4 Å². The first-order valence-electron chi connectivity index (χ1n) is 17.7. The molecule has 0 radical (unpaired) electrons. The molecule has 2 amide bonds. The summed E-state index contributed by atoms with van der Waals surface area (Å²) in [5.74, 6) is -0.391. The number of non-ortho nitro benzene ring substituents is 1. The van der Waals surface area contributed by atoms with Gasteiger partial charge in [0.2, 0.25) is 12.8 Å². The SMILES string of the molecule is CCCC1=C(N(C=O)CCCN2CCC(c3ccccc3)(c3ccccc3)CC2)C(c2ccc([N+](=O)[O-])cc2)C(N(C=O)CC)C(CC)=N1. The van der Waals surface area contributed by atoms with Crippen LogP contribution in [0.3, 0.4) is 0 Å². The van der Waals surface area contributed by atoms with E-state index in [4.69, 9.17) is 4.99 Å². The number of nitrogens with zero attached hydrogens (tertiary/aromatic N) is 5. The molecule has 0 saturated carbocycles. The molecule has 0 bridgehead atoms. The van der Waals surface area contributed by atoms with Crippen LogP contribution in [0.5, 0.6) is 0 Å². The lowest BCUT2D eigenvalue weighted by atomic mass is 9.68. The van der Waals surface area contributed by atoms with Crippen LogP contribution in [0.25, 0.3) is 0 Å². The van der Waals surface area contributed by atoms with Crippen molar-refractivity contribution in [2.75, 3.05) is 32.7 Å². The maximum Gasteiger partial charge on any atom is 0.269 e. The Kier molecular flexibility index (Phi) is 12.1. The summed E-state index contributed by atoms with van der Waals surface area (Å²) in [6.07, 6.45) is 6.72. The Morgan fingerprint density at radius 2 is 1.51 bits per heavy atom. The van der Waals surface area contributed by atoms with Gasteiger partial charge in [0, 0.05) is 36.3 Å². The van der Waals surface area contributed by atoms with Crippen molar-refractivity contribution >= 4 is 24.2 Å². The van der Waals surface area contributed by atoms with E-state index in [1.165, 1.54) is 23.3 Å². The summed E-state index contributed by atoms with van der Waals surface area (Å²) in [4.78, 5) is 47.6. The van der Waals surface area contributed by atoms with Crippen LogP contribution in [0.4, 0.5) is 5.69 Å². The largest absolute Gasteiger partial charge is 0.336 e. The second-order valence-electron chi connectivity index (χ2n) is 13.1. The van der Waals surface area contributed by atoms with Crippen LogP contribution in [0, 0.1) is 10.1 Å². The van der Waals surface area contributed by atoms with Gasteiger partial charge >= 0.3 is 0 Å². The van der Waals surface area contributed by atoms with Gasteiger partial charge in [0.25, 0.3) is 5.69 Å². The Morgan fingerprint density at radius 3 is 2.00 bits per heavy atom. The molecule has 258 valence electrons. The number of piperidine rings is 1. The number of nitro groups is 1. The highest BCUT2D eigenvalue weighted by Crippen LogP contribution is 2.43. The highest BCUT2D eigenvalue weighted by Gasteiger charge is 2.41. The van der Waals surface area contributed by atoms with Crippen LogP contribution in [0.1, 0.15) is 81.9 Å². The highest BCUT2D eigenvalue weighted by atomic mass is 16.6. The molecule has 0 aromatic heterocycles. The van der Waals surface area contributed by atoms with E-state index in [0.717, 1.165) is 80.8 Å². The molecule has 9 heteroatoms. The van der Waals surface area contributed by atoms with Gasteiger partial charge in [0.15, 0.2) is 0 Å². The van der Waals surface area contributed by atoms with Crippen molar-refractivity contribution in [3.8, 4) is 0 Å². The molecule has 2 heterocycles. The molecule has 0 N–H and O–H groups in total. The summed E-state index contributed by atoms with van der Waals surface area (Å²) in [6.45, 7) is 9.79. The minimum Gasteiger partial charge on any atom is -0.336 e. The summed E-state index contributed by atoms with van der Waals surface area (Å²) in [5, 5.41) is 11.5. The average molecular weight is 664 g/mol. The van der Waals surface area contributed by atoms with E-state index < -0.39 is 16.9 Å². The van der Waals surface area contributed by atoms with Crippen molar-refractivity contribution in [3.63, 3.8) is 0 Å². The molecule has 9 nitrogen and oxygen atoms in total. The van der Waals surface area contributed by atoms with Gasteiger partial charge in [0.05, 0.1) is 28.3 Å². The van der Waals surface area contributed by atoms with Crippen LogP contribution >= 0.6 is 0 Å². The van der Waals surface area contributed by atoms with Crippen molar-refractivity contribution in [1.29, 1.82) is 0 Å².